The molecular weight excluding hydrogens is 274 g/mol. The third kappa shape index (κ3) is 2.54. The summed E-state index contributed by atoms with van der Waals surface area (Å²) < 4.78 is 10.4. The van der Waals surface area contributed by atoms with Crippen molar-refractivity contribution < 1.29 is 14.1 Å². The van der Waals surface area contributed by atoms with Crippen molar-refractivity contribution in [2.75, 3.05) is 13.7 Å². The highest BCUT2D eigenvalue weighted by Crippen LogP contribution is 2.32. The Labute approximate surface area is 121 Å². The Morgan fingerprint density at radius 2 is 2.33 bits per heavy atom. The van der Waals surface area contributed by atoms with Crippen molar-refractivity contribution in [3.63, 3.8) is 0 Å². The Morgan fingerprint density at radius 3 is 2.90 bits per heavy atom. The maximum atomic E-state index is 12.6. The van der Waals surface area contributed by atoms with E-state index in [-0.39, 0.29) is 18.1 Å². The van der Waals surface area contributed by atoms with Crippen LogP contribution < -0.4 is 0 Å². The second-order valence-electron chi connectivity index (χ2n) is 5.17. The minimum Gasteiger partial charge on any atom is -0.380 e. The van der Waals surface area contributed by atoms with Crippen LogP contribution in [0.2, 0.25) is 0 Å². The number of hydrogen-bond donors (Lipinski definition) is 1. The highest BCUT2D eigenvalue weighted by Gasteiger charge is 2.39. The first-order valence-electron chi connectivity index (χ1n) is 6.74. The number of carbonyl (C=O) groups is 1. The molecule has 0 aliphatic carbocycles. The van der Waals surface area contributed by atoms with E-state index in [2.05, 4.69) is 20.3 Å². The van der Waals surface area contributed by atoms with E-state index in [0.717, 1.165) is 5.82 Å². The van der Waals surface area contributed by atoms with E-state index in [0.29, 0.717) is 30.2 Å². The van der Waals surface area contributed by atoms with Crippen molar-refractivity contribution in [2.24, 2.45) is 0 Å². The zero-order chi connectivity index (χ0) is 15.0. The van der Waals surface area contributed by atoms with E-state index >= 15 is 0 Å². The Kier molecular flexibility index (Phi) is 3.46. The highest BCUT2D eigenvalue weighted by atomic mass is 16.5. The first-order valence-corrected chi connectivity index (χ1v) is 6.74. The lowest BCUT2D eigenvalue weighted by Gasteiger charge is -2.20. The molecule has 3 heterocycles. The Balaban J connectivity index is 1.88. The monoisotopic (exact) mass is 291 g/mol. The van der Waals surface area contributed by atoms with Gasteiger partial charge in [0.1, 0.15) is 11.6 Å². The summed E-state index contributed by atoms with van der Waals surface area (Å²) in [6.45, 7) is 4.06. The van der Waals surface area contributed by atoms with Crippen LogP contribution in [0.1, 0.15) is 40.4 Å². The predicted octanol–water partition coefficient (Wildman–Crippen LogP) is 1.01. The molecule has 1 N–H and O–H groups in total. The van der Waals surface area contributed by atoms with Crippen molar-refractivity contribution in [3.8, 4) is 0 Å². The van der Waals surface area contributed by atoms with Gasteiger partial charge < -0.3 is 14.2 Å². The molecule has 3 rings (SSSR count). The Hall–Kier alpha value is -2.22. The van der Waals surface area contributed by atoms with Crippen LogP contribution in [0, 0.1) is 13.8 Å². The molecule has 2 aromatic rings. The zero-order valence-corrected chi connectivity index (χ0v) is 12.2. The van der Waals surface area contributed by atoms with Crippen molar-refractivity contribution in [1.29, 1.82) is 0 Å². The molecular formula is C13H17N5O3. The highest BCUT2D eigenvalue weighted by molar-refractivity contribution is 5.92. The number of H-pyrrole nitrogens is 1. The van der Waals surface area contributed by atoms with Crippen molar-refractivity contribution >= 4 is 5.91 Å². The number of nitrogens with one attached hydrogen (secondary N) is 1. The lowest BCUT2D eigenvalue weighted by atomic mass is 10.2. The van der Waals surface area contributed by atoms with Gasteiger partial charge in [0.05, 0.1) is 12.1 Å². The summed E-state index contributed by atoms with van der Waals surface area (Å²) in [5.74, 6) is 1.72. The second-order valence-corrected chi connectivity index (χ2v) is 5.17. The molecule has 1 amide bonds. The van der Waals surface area contributed by atoms with Gasteiger partial charge in [0.25, 0.3) is 5.91 Å². The van der Waals surface area contributed by atoms with Crippen LogP contribution in [-0.2, 0) is 4.74 Å². The van der Waals surface area contributed by atoms with Gasteiger partial charge in [-0.2, -0.15) is 5.10 Å². The number of ether oxygens (including phenoxy) is 1. The summed E-state index contributed by atoms with van der Waals surface area (Å²) in [4.78, 5) is 18.6. The van der Waals surface area contributed by atoms with Gasteiger partial charge in [-0.1, -0.05) is 5.16 Å². The number of aryl methyl sites for hydroxylation is 2. The predicted molar refractivity (Wildman–Crippen MR) is 71.6 cm³/mol. The van der Waals surface area contributed by atoms with Crippen LogP contribution in [-0.4, -0.2) is 50.9 Å². The quantitative estimate of drug-likeness (QED) is 0.906. The maximum Gasteiger partial charge on any atom is 0.276 e. The van der Waals surface area contributed by atoms with Gasteiger partial charge in [0.2, 0.25) is 0 Å². The normalized spacial score (nSPS) is 22.0. The van der Waals surface area contributed by atoms with Gasteiger partial charge >= 0.3 is 0 Å². The van der Waals surface area contributed by atoms with E-state index in [1.807, 2.05) is 6.92 Å². The molecule has 1 fully saturated rings. The first-order chi connectivity index (χ1) is 10.1. The van der Waals surface area contributed by atoms with Gasteiger partial charge in [-0.3, -0.25) is 9.89 Å². The molecule has 21 heavy (non-hydrogen) atoms. The van der Waals surface area contributed by atoms with Crippen LogP contribution >= 0.6 is 0 Å². The lowest BCUT2D eigenvalue weighted by molar-refractivity contribution is 0.0674. The zero-order valence-electron chi connectivity index (χ0n) is 12.2. The van der Waals surface area contributed by atoms with Crippen LogP contribution in [0.4, 0.5) is 0 Å². The standard InChI is InChI=1S/C13H17N5O3/c1-7-4-10(17-21-7)13(19)18-6-9(20-3)5-11(18)12-14-8(2)15-16-12/h4,9,11H,5-6H2,1-3H3,(H,14,15,16)/t9-,11+/m1/s1. The molecule has 2 atom stereocenters. The molecule has 112 valence electrons. The largest absolute Gasteiger partial charge is 0.380 e. The van der Waals surface area contributed by atoms with Gasteiger partial charge in [-0.15, -0.1) is 0 Å². The molecule has 0 aromatic carbocycles. The number of carbonyl (C=O) groups excluding carboxylic acids is 1. The Morgan fingerprint density at radius 1 is 1.52 bits per heavy atom. The van der Waals surface area contributed by atoms with Gasteiger partial charge in [0, 0.05) is 26.1 Å². The molecule has 1 saturated heterocycles. The van der Waals surface area contributed by atoms with Crippen molar-refractivity contribution in [1.82, 2.24) is 25.2 Å². The maximum absolute atomic E-state index is 12.6. The molecule has 0 saturated carbocycles. The van der Waals surface area contributed by atoms with E-state index in [1.165, 1.54) is 0 Å². The second kappa shape index (κ2) is 5.28. The summed E-state index contributed by atoms with van der Waals surface area (Å²) in [6.07, 6.45) is 0.627. The Bertz CT molecular complexity index is 650. The van der Waals surface area contributed by atoms with E-state index in [4.69, 9.17) is 9.26 Å². The fraction of sp³-hybridized carbons (Fsp3) is 0.538. The molecule has 0 radical (unpaired) electrons. The average molecular weight is 291 g/mol. The molecule has 1 aliphatic rings. The van der Waals surface area contributed by atoms with Crippen molar-refractivity contribution in [3.05, 3.63) is 29.2 Å². The first kappa shape index (κ1) is 13.7. The third-order valence-electron chi connectivity index (χ3n) is 3.62. The molecule has 0 bridgehead atoms. The minimum absolute atomic E-state index is 0.0363. The molecule has 1 aliphatic heterocycles. The van der Waals surface area contributed by atoms with Crippen LogP contribution in [0.25, 0.3) is 0 Å². The van der Waals surface area contributed by atoms with Crippen LogP contribution in [0.15, 0.2) is 10.6 Å². The van der Waals surface area contributed by atoms with Gasteiger partial charge in [-0.05, 0) is 13.8 Å². The van der Waals surface area contributed by atoms with Crippen LogP contribution in [0.5, 0.6) is 0 Å². The molecule has 8 nitrogen and oxygen atoms in total. The number of rotatable bonds is 3. The molecule has 8 heteroatoms. The fourth-order valence-electron chi connectivity index (χ4n) is 2.56. The van der Waals surface area contributed by atoms with Gasteiger partial charge in [-0.25, -0.2) is 4.98 Å². The van der Waals surface area contributed by atoms with E-state index in [9.17, 15) is 4.79 Å². The minimum atomic E-state index is -0.218. The summed E-state index contributed by atoms with van der Waals surface area (Å²) in [5, 5.41) is 10.8. The average Bonchev–Trinajstić information content (AvgIpc) is 3.16. The molecule has 0 unspecified atom stereocenters. The van der Waals surface area contributed by atoms with E-state index in [1.54, 1.807) is 25.0 Å². The van der Waals surface area contributed by atoms with Crippen LogP contribution in [0.3, 0.4) is 0 Å². The number of likely N-dealkylation sites (tertiary alicyclic amines) is 1. The number of aromatic amines is 1. The van der Waals surface area contributed by atoms with Gasteiger partial charge in [0.15, 0.2) is 11.5 Å². The molecule has 0 spiro atoms. The number of hydrogen-bond acceptors (Lipinski definition) is 6. The summed E-state index contributed by atoms with van der Waals surface area (Å²) in [7, 11) is 1.64. The summed E-state index contributed by atoms with van der Waals surface area (Å²) in [6, 6.07) is 1.41. The fourth-order valence-corrected chi connectivity index (χ4v) is 2.56. The lowest BCUT2D eigenvalue weighted by Crippen LogP contribution is -2.32. The molecule has 2 aromatic heterocycles. The third-order valence-corrected chi connectivity index (χ3v) is 3.62. The topological polar surface area (TPSA) is 97.1 Å². The summed E-state index contributed by atoms with van der Waals surface area (Å²) >= 11 is 0. The summed E-state index contributed by atoms with van der Waals surface area (Å²) in [5.41, 5.74) is 0.293. The number of aromatic nitrogens is 4. The SMILES string of the molecule is CO[C@@H]1C[C@@H](c2n[nH]c(C)n2)N(C(=O)c2cc(C)on2)C1. The number of nitrogens with zero attached hydrogens (tertiary/aromatic N) is 4. The number of amides is 1. The smallest absolute Gasteiger partial charge is 0.276 e. The van der Waals surface area contributed by atoms with E-state index < -0.39 is 0 Å². The number of methoxy groups -OCH3 is 1. The van der Waals surface area contributed by atoms with Crippen molar-refractivity contribution in [2.45, 2.75) is 32.4 Å².